The van der Waals surface area contributed by atoms with Gasteiger partial charge in [-0.25, -0.2) is 4.98 Å². The molecular formula is C18H23N3OS. The van der Waals surface area contributed by atoms with Crippen LogP contribution in [0.2, 0.25) is 0 Å². The van der Waals surface area contributed by atoms with Crippen LogP contribution in [-0.4, -0.2) is 22.5 Å². The lowest BCUT2D eigenvalue weighted by Crippen LogP contribution is -2.06. The zero-order chi connectivity index (χ0) is 16.4. The minimum absolute atomic E-state index is 0.632. The molecule has 0 radical (unpaired) electrons. The number of ether oxygens (including phenoxy) is 1. The third-order valence-electron chi connectivity index (χ3n) is 3.93. The van der Waals surface area contributed by atoms with Crippen LogP contribution >= 0.6 is 11.3 Å². The van der Waals surface area contributed by atoms with Crippen molar-refractivity contribution in [3.8, 4) is 17.0 Å². The molecule has 3 rings (SSSR count). The van der Waals surface area contributed by atoms with Gasteiger partial charge in [0.25, 0.3) is 0 Å². The highest BCUT2D eigenvalue weighted by atomic mass is 32.1. The van der Waals surface area contributed by atoms with E-state index < -0.39 is 0 Å². The van der Waals surface area contributed by atoms with Crippen LogP contribution in [0.25, 0.3) is 16.2 Å². The van der Waals surface area contributed by atoms with Gasteiger partial charge in [-0.05, 0) is 56.6 Å². The number of aryl methyl sites for hydroxylation is 2. The van der Waals surface area contributed by atoms with Crippen LogP contribution in [0.4, 0.5) is 0 Å². The summed E-state index contributed by atoms with van der Waals surface area (Å²) in [5.41, 5.74) is 10.5. The number of hydrogen-bond acceptors (Lipinski definition) is 4. The second-order valence-corrected chi connectivity index (χ2v) is 6.86. The summed E-state index contributed by atoms with van der Waals surface area (Å²) >= 11 is 1.73. The Morgan fingerprint density at radius 1 is 1.22 bits per heavy atom. The fourth-order valence-corrected chi connectivity index (χ4v) is 3.92. The van der Waals surface area contributed by atoms with Crippen LogP contribution < -0.4 is 10.5 Å². The maximum absolute atomic E-state index is 5.79. The predicted octanol–water partition coefficient (Wildman–Crippen LogP) is 3.97. The molecule has 0 spiro atoms. The van der Waals surface area contributed by atoms with Crippen LogP contribution in [0.3, 0.4) is 0 Å². The van der Waals surface area contributed by atoms with Crippen molar-refractivity contribution in [2.24, 2.45) is 5.73 Å². The van der Waals surface area contributed by atoms with Crippen molar-refractivity contribution in [1.82, 2.24) is 9.38 Å². The smallest absolute Gasteiger partial charge is 0.194 e. The van der Waals surface area contributed by atoms with Crippen molar-refractivity contribution in [1.29, 1.82) is 0 Å². The minimum Gasteiger partial charge on any atom is -0.494 e. The maximum atomic E-state index is 5.79. The number of benzene rings is 1. The summed E-state index contributed by atoms with van der Waals surface area (Å²) in [6.07, 6.45) is 1.86. The maximum Gasteiger partial charge on any atom is 0.194 e. The summed E-state index contributed by atoms with van der Waals surface area (Å²) in [7, 11) is 0. The Labute approximate surface area is 140 Å². The van der Waals surface area contributed by atoms with Crippen molar-refractivity contribution >= 4 is 16.3 Å². The van der Waals surface area contributed by atoms with Gasteiger partial charge in [-0.1, -0.05) is 6.92 Å². The average Bonchev–Trinajstić information content (AvgIpc) is 3.01. The highest BCUT2D eigenvalue weighted by molar-refractivity contribution is 7.17. The van der Waals surface area contributed by atoms with E-state index in [0.717, 1.165) is 35.9 Å². The average molecular weight is 329 g/mol. The van der Waals surface area contributed by atoms with Crippen molar-refractivity contribution in [2.75, 3.05) is 13.2 Å². The number of hydrogen-bond donors (Lipinski definition) is 1. The molecule has 2 N–H and O–H groups in total. The summed E-state index contributed by atoms with van der Waals surface area (Å²) in [5.74, 6) is 0.920. The fourth-order valence-electron chi connectivity index (χ4n) is 2.87. The van der Waals surface area contributed by atoms with Crippen LogP contribution in [0.1, 0.15) is 29.6 Å². The first kappa shape index (κ1) is 16.0. The molecule has 4 nitrogen and oxygen atoms in total. The minimum atomic E-state index is 0.632. The zero-order valence-corrected chi connectivity index (χ0v) is 14.7. The first-order valence-corrected chi connectivity index (χ1v) is 8.88. The van der Waals surface area contributed by atoms with Gasteiger partial charge in [0.2, 0.25) is 0 Å². The van der Waals surface area contributed by atoms with E-state index in [1.54, 1.807) is 11.3 Å². The number of imidazole rings is 1. The number of thiazole rings is 1. The number of nitrogens with two attached hydrogens (primary N) is 1. The van der Waals surface area contributed by atoms with Gasteiger partial charge in [-0.3, -0.25) is 4.40 Å². The SMILES string of the molecule is CCCOc1ccc(-c2c(C)sc3nc(C)c(CCN)n23)cc1. The lowest BCUT2D eigenvalue weighted by molar-refractivity contribution is 0.317. The first-order chi connectivity index (χ1) is 11.2. The highest BCUT2D eigenvalue weighted by Gasteiger charge is 2.17. The normalized spacial score (nSPS) is 11.3. The topological polar surface area (TPSA) is 52.5 Å². The number of nitrogens with zero attached hydrogens (tertiary/aromatic N) is 2. The molecule has 3 aromatic rings. The molecule has 0 aliphatic carbocycles. The van der Waals surface area contributed by atoms with E-state index in [4.69, 9.17) is 15.5 Å². The molecule has 23 heavy (non-hydrogen) atoms. The standard InChI is InChI=1S/C18H23N3OS/c1-4-11-22-15-7-5-14(6-8-15)17-13(3)23-18-20-12(2)16(9-10-19)21(17)18/h5-8H,4,9-11,19H2,1-3H3. The van der Waals surface area contributed by atoms with E-state index >= 15 is 0 Å². The first-order valence-electron chi connectivity index (χ1n) is 8.06. The van der Waals surface area contributed by atoms with Crippen molar-refractivity contribution in [3.63, 3.8) is 0 Å². The van der Waals surface area contributed by atoms with Gasteiger partial charge in [0, 0.05) is 17.0 Å². The lowest BCUT2D eigenvalue weighted by Gasteiger charge is -2.08. The summed E-state index contributed by atoms with van der Waals surface area (Å²) in [5, 5.41) is 0. The molecule has 0 saturated heterocycles. The van der Waals surface area contributed by atoms with E-state index in [-0.39, 0.29) is 0 Å². The van der Waals surface area contributed by atoms with E-state index in [1.165, 1.54) is 21.8 Å². The Morgan fingerprint density at radius 3 is 2.61 bits per heavy atom. The fraction of sp³-hybridized carbons (Fsp3) is 0.389. The molecule has 2 aromatic heterocycles. The van der Waals surface area contributed by atoms with Gasteiger partial charge in [0.1, 0.15) is 5.75 Å². The van der Waals surface area contributed by atoms with E-state index in [0.29, 0.717) is 6.54 Å². The summed E-state index contributed by atoms with van der Waals surface area (Å²) in [6.45, 7) is 7.71. The van der Waals surface area contributed by atoms with E-state index in [9.17, 15) is 0 Å². The van der Waals surface area contributed by atoms with Crippen LogP contribution in [0.5, 0.6) is 5.75 Å². The molecule has 0 fully saturated rings. The van der Waals surface area contributed by atoms with Crippen LogP contribution in [-0.2, 0) is 6.42 Å². The zero-order valence-electron chi connectivity index (χ0n) is 13.9. The van der Waals surface area contributed by atoms with Crippen molar-refractivity contribution in [2.45, 2.75) is 33.6 Å². The number of rotatable bonds is 6. The second-order valence-electron chi connectivity index (χ2n) is 5.68. The molecule has 0 aliphatic rings. The molecule has 0 bridgehead atoms. The second kappa shape index (κ2) is 6.72. The Balaban J connectivity index is 2.06. The molecule has 1 aromatic carbocycles. The quantitative estimate of drug-likeness (QED) is 0.744. The molecule has 0 amide bonds. The highest BCUT2D eigenvalue weighted by Crippen LogP contribution is 2.34. The molecule has 0 atom stereocenters. The predicted molar refractivity (Wildman–Crippen MR) is 96.5 cm³/mol. The van der Waals surface area contributed by atoms with Gasteiger partial charge in [-0.2, -0.15) is 0 Å². The van der Waals surface area contributed by atoms with Gasteiger partial charge in [-0.15, -0.1) is 11.3 Å². The third-order valence-corrected chi connectivity index (χ3v) is 4.88. The van der Waals surface area contributed by atoms with Gasteiger partial charge in [0.15, 0.2) is 4.96 Å². The Morgan fingerprint density at radius 2 is 1.96 bits per heavy atom. The monoisotopic (exact) mass is 329 g/mol. The Kier molecular flexibility index (Phi) is 4.68. The Bertz CT molecular complexity index is 802. The molecular weight excluding hydrogens is 306 g/mol. The lowest BCUT2D eigenvalue weighted by atomic mass is 10.1. The molecule has 5 heteroatoms. The summed E-state index contributed by atoms with van der Waals surface area (Å²) < 4.78 is 7.95. The molecule has 0 saturated carbocycles. The van der Waals surface area contributed by atoms with E-state index in [2.05, 4.69) is 37.3 Å². The molecule has 122 valence electrons. The van der Waals surface area contributed by atoms with Gasteiger partial charge in [0.05, 0.1) is 18.0 Å². The van der Waals surface area contributed by atoms with Crippen molar-refractivity contribution < 1.29 is 4.74 Å². The largest absolute Gasteiger partial charge is 0.494 e. The van der Waals surface area contributed by atoms with Gasteiger partial charge < -0.3 is 10.5 Å². The van der Waals surface area contributed by atoms with Crippen LogP contribution in [0, 0.1) is 13.8 Å². The van der Waals surface area contributed by atoms with E-state index in [1.807, 2.05) is 12.1 Å². The van der Waals surface area contributed by atoms with Crippen LogP contribution in [0.15, 0.2) is 24.3 Å². The van der Waals surface area contributed by atoms with Gasteiger partial charge >= 0.3 is 0 Å². The molecule has 0 aliphatic heterocycles. The van der Waals surface area contributed by atoms with Crippen molar-refractivity contribution in [3.05, 3.63) is 40.5 Å². The number of fused-ring (bicyclic) bond motifs is 1. The summed E-state index contributed by atoms with van der Waals surface area (Å²) in [4.78, 5) is 7.02. The molecule has 2 heterocycles. The summed E-state index contributed by atoms with van der Waals surface area (Å²) in [6, 6.07) is 8.34. The molecule has 0 unspecified atom stereocenters. The Hall–Kier alpha value is -1.85. The number of aromatic nitrogens is 2. The third kappa shape index (κ3) is 2.99.